The minimum atomic E-state index is -1.96. The van der Waals surface area contributed by atoms with Crippen LogP contribution in [0.2, 0.25) is 0 Å². The van der Waals surface area contributed by atoms with Gasteiger partial charge in [0.1, 0.15) is 12.2 Å². The van der Waals surface area contributed by atoms with Crippen molar-refractivity contribution in [2.24, 2.45) is 17.8 Å². The fraction of sp³-hybridized carbons (Fsp3) is 0.778. The summed E-state index contributed by atoms with van der Waals surface area (Å²) in [4.78, 5) is 29.6. The summed E-state index contributed by atoms with van der Waals surface area (Å²) in [6.45, 7) is 16.2. The Morgan fingerprint density at radius 2 is 1.64 bits per heavy atom. The first kappa shape index (κ1) is 50.9. The Morgan fingerprint density at radius 3 is 2.31 bits per heavy atom. The number of anilines is 1. The summed E-state index contributed by atoms with van der Waals surface area (Å²) in [6, 6.07) is 7.15. The molecule has 3 fully saturated rings. The quantitative estimate of drug-likeness (QED) is 0.0812. The lowest BCUT2D eigenvalue weighted by Gasteiger charge is -2.42. The molecule has 0 aliphatic carbocycles. The fourth-order valence-corrected chi connectivity index (χ4v) is 8.37. The number of amides is 1. The molecule has 1 aromatic rings. The van der Waals surface area contributed by atoms with Gasteiger partial charge in [0.25, 0.3) is 0 Å². The van der Waals surface area contributed by atoms with Gasteiger partial charge in [-0.15, -0.1) is 0 Å². The molecule has 16 atom stereocenters. The van der Waals surface area contributed by atoms with Crippen molar-refractivity contribution in [3.8, 4) is 0 Å². The highest BCUT2D eigenvalue weighted by Crippen LogP contribution is 2.33. The maximum absolute atomic E-state index is 13.9. The van der Waals surface area contributed by atoms with E-state index in [1.54, 1.807) is 20.8 Å². The van der Waals surface area contributed by atoms with Gasteiger partial charge >= 0.3 is 5.97 Å². The third-order valence-corrected chi connectivity index (χ3v) is 12.5. The maximum atomic E-state index is 13.9. The number of para-hydroxylation sites is 1. The molecule has 1 amide bonds. The number of hydrogen-bond acceptors (Lipinski definition) is 15. The molecule has 0 saturated carbocycles. The van der Waals surface area contributed by atoms with Crippen molar-refractivity contribution in [3.63, 3.8) is 0 Å². The largest absolute Gasteiger partial charge is 0.462 e. The smallest absolute Gasteiger partial charge is 0.311 e. The van der Waals surface area contributed by atoms with Crippen LogP contribution < -0.4 is 16.4 Å². The van der Waals surface area contributed by atoms with Gasteiger partial charge in [-0.3, -0.25) is 9.59 Å². The van der Waals surface area contributed by atoms with Gasteiger partial charge in [0.15, 0.2) is 12.6 Å². The van der Waals surface area contributed by atoms with Gasteiger partial charge in [0, 0.05) is 49.1 Å². The van der Waals surface area contributed by atoms with Crippen molar-refractivity contribution in [3.05, 3.63) is 36.4 Å². The van der Waals surface area contributed by atoms with Crippen LogP contribution >= 0.6 is 0 Å². The topological polar surface area (TPSA) is 224 Å². The molecule has 3 aliphatic heterocycles. The molecule has 4 rings (SSSR count). The lowest BCUT2D eigenvalue weighted by atomic mass is 9.89. The molecule has 1 aromatic carbocycles. The van der Waals surface area contributed by atoms with Crippen LogP contribution in [-0.2, 0) is 38.0 Å². The number of cyclic esters (lactones) is 1. The van der Waals surface area contributed by atoms with Crippen LogP contribution in [0.15, 0.2) is 30.8 Å². The number of nitrogens with two attached hydrogens (primary N) is 1. The Labute approximate surface area is 362 Å². The van der Waals surface area contributed by atoms with Gasteiger partial charge in [-0.05, 0) is 92.1 Å². The molecular formula is C45H76N4O12. The molecule has 61 heavy (non-hydrogen) atoms. The first-order valence-corrected chi connectivity index (χ1v) is 22.0. The minimum absolute atomic E-state index is 0.0716. The van der Waals surface area contributed by atoms with E-state index in [1.807, 2.05) is 52.2 Å². The minimum Gasteiger partial charge on any atom is -0.462 e. The van der Waals surface area contributed by atoms with E-state index in [9.17, 15) is 30.0 Å². The van der Waals surface area contributed by atoms with E-state index in [1.165, 1.54) is 13.8 Å². The highest BCUT2D eigenvalue weighted by Gasteiger charge is 2.44. The summed E-state index contributed by atoms with van der Waals surface area (Å²) in [6.07, 6.45) is -5.28. The number of carbonyl (C=O) groups excluding carboxylic acids is 2. The lowest BCUT2D eigenvalue weighted by molar-refractivity contribution is -0.271. The maximum Gasteiger partial charge on any atom is 0.311 e. The number of carbonyl (C=O) groups is 2. The number of nitrogens with zero attached hydrogens (tertiary/aromatic N) is 1. The zero-order valence-electron chi connectivity index (χ0n) is 37.8. The van der Waals surface area contributed by atoms with Gasteiger partial charge in [-0.1, -0.05) is 38.6 Å². The normalized spacial score (nSPS) is 37.9. The van der Waals surface area contributed by atoms with Crippen molar-refractivity contribution < 1.29 is 58.4 Å². The summed E-state index contributed by atoms with van der Waals surface area (Å²) in [5.41, 5.74) is 6.59. The van der Waals surface area contributed by atoms with Crippen molar-refractivity contribution >= 4 is 23.1 Å². The SMILES string of the molecule is C=C(CCNCC(O)COC1C[C@@H](C)NC(=O)C(C)C(O)[C@](C)(O)COC(=O)C(C)[C@@H](O[C@H]2CC(C)[C@@H](O)C(C)O2)C[C@H]1OC1CC(N(C)C)CC(C)O1)c1ccccc1N. The zero-order chi connectivity index (χ0) is 45.2. The van der Waals surface area contributed by atoms with E-state index in [2.05, 4.69) is 22.1 Å². The van der Waals surface area contributed by atoms with Gasteiger partial charge in [0.2, 0.25) is 5.91 Å². The van der Waals surface area contributed by atoms with Crippen molar-refractivity contribution in [2.75, 3.05) is 46.1 Å². The number of nitrogen functional groups attached to an aromatic ring is 1. The molecule has 348 valence electrons. The lowest BCUT2D eigenvalue weighted by Crippen LogP contribution is -2.52. The van der Waals surface area contributed by atoms with E-state index in [4.69, 9.17) is 34.2 Å². The molecule has 0 radical (unpaired) electrons. The molecule has 3 saturated heterocycles. The first-order valence-electron chi connectivity index (χ1n) is 22.0. The predicted octanol–water partition coefficient (Wildman–Crippen LogP) is 2.59. The van der Waals surface area contributed by atoms with Crippen molar-refractivity contribution in [1.82, 2.24) is 15.5 Å². The molecule has 3 aliphatic rings. The number of aliphatic hydroxyl groups excluding tert-OH is 3. The summed E-state index contributed by atoms with van der Waals surface area (Å²) < 4.78 is 38.3. The molecule has 3 heterocycles. The predicted molar refractivity (Wildman–Crippen MR) is 231 cm³/mol. The standard InChI is InChI=1S/C45H76N4O12/c1-25(34-13-11-12-14-35(34)46)15-16-47-22-33(50)23-56-37-18-27(3)48-43(53)30(6)42(52)45(8,55)24-57-44(54)29(5)36(60-39-17-26(2)41(51)31(7)59-39)21-38(37)61-40-20-32(49(9)10)19-28(4)58-40/h11-14,26-33,36-42,47,50-52,55H,1,15-24,46H2,2-10H3,(H,48,53)/t26?,27-,28?,29?,30?,31?,32?,33?,36+,37?,38-,39+,40?,41-,42?,45-/m1/s1. The van der Waals surface area contributed by atoms with Crippen LogP contribution in [0.5, 0.6) is 0 Å². The Hall–Kier alpha value is -2.74. The Morgan fingerprint density at radius 1 is 0.967 bits per heavy atom. The monoisotopic (exact) mass is 865 g/mol. The third kappa shape index (κ3) is 14.9. The number of rotatable bonds is 14. The Bertz CT molecular complexity index is 1540. The van der Waals surface area contributed by atoms with Crippen molar-refractivity contribution in [1.29, 1.82) is 0 Å². The van der Waals surface area contributed by atoms with Crippen molar-refractivity contribution in [2.45, 2.75) is 166 Å². The molecule has 0 bridgehead atoms. The summed E-state index contributed by atoms with van der Waals surface area (Å²) in [5.74, 6) is -3.41. The highest BCUT2D eigenvalue weighted by atomic mass is 16.7. The van der Waals surface area contributed by atoms with E-state index in [0.717, 1.165) is 17.6 Å². The Kier molecular flexibility index (Phi) is 19.4. The molecule has 10 unspecified atom stereocenters. The second-order valence-corrected chi connectivity index (χ2v) is 18.3. The van der Waals surface area contributed by atoms with Gasteiger partial charge < -0.3 is 70.1 Å². The molecule has 0 aromatic heterocycles. The van der Waals surface area contributed by atoms with Crippen LogP contribution in [0.25, 0.3) is 5.57 Å². The number of nitrogens with one attached hydrogen (secondary N) is 2. The summed E-state index contributed by atoms with van der Waals surface area (Å²) >= 11 is 0. The van der Waals surface area contributed by atoms with E-state index >= 15 is 0 Å². The average Bonchev–Trinajstić information content (AvgIpc) is 3.20. The summed E-state index contributed by atoms with van der Waals surface area (Å²) in [7, 11) is 4.02. The highest BCUT2D eigenvalue weighted by molar-refractivity contribution is 5.79. The number of ether oxygens (including phenoxy) is 6. The first-order chi connectivity index (χ1) is 28.7. The fourth-order valence-electron chi connectivity index (χ4n) is 8.37. The molecule has 0 spiro atoms. The second-order valence-electron chi connectivity index (χ2n) is 18.3. The van der Waals surface area contributed by atoms with Gasteiger partial charge in [0.05, 0.1) is 67.3 Å². The number of benzene rings is 1. The van der Waals surface area contributed by atoms with Crippen LogP contribution in [0.3, 0.4) is 0 Å². The Balaban J connectivity index is 1.65. The molecular weight excluding hydrogens is 789 g/mol. The number of esters is 1. The van der Waals surface area contributed by atoms with Gasteiger partial charge in [-0.25, -0.2) is 0 Å². The molecule has 16 nitrogen and oxygen atoms in total. The van der Waals surface area contributed by atoms with E-state index in [0.29, 0.717) is 31.5 Å². The number of hydrogen-bond donors (Lipinski definition) is 7. The third-order valence-electron chi connectivity index (χ3n) is 12.5. The summed E-state index contributed by atoms with van der Waals surface area (Å²) in [5, 5.41) is 50.5. The zero-order valence-corrected chi connectivity index (χ0v) is 37.8. The van der Waals surface area contributed by atoms with Gasteiger partial charge in [-0.2, -0.15) is 0 Å². The second kappa shape index (κ2) is 23.3. The molecule has 16 heteroatoms. The molecule has 8 N–H and O–H groups in total. The van der Waals surface area contributed by atoms with E-state index in [-0.39, 0.29) is 44.1 Å². The van der Waals surface area contributed by atoms with Crippen LogP contribution in [0.1, 0.15) is 92.6 Å². The van der Waals surface area contributed by atoms with Crippen LogP contribution in [0.4, 0.5) is 5.69 Å². The number of aliphatic hydroxyl groups is 4. The van der Waals surface area contributed by atoms with Crippen LogP contribution in [0, 0.1) is 17.8 Å². The van der Waals surface area contributed by atoms with E-state index < -0.39 is 97.3 Å². The average molecular weight is 865 g/mol. The van der Waals surface area contributed by atoms with Crippen LogP contribution in [-0.4, -0.2) is 157 Å².